The first-order valence-electron chi connectivity index (χ1n) is 9.16. The van der Waals surface area contributed by atoms with Crippen LogP contribution in [0.25, 0.3) is 5.69 Å². The van der Waals surface area contributed by atoms with E-state index in [0.717, 1.165) is 43.0 Å². The Bertz CT molecular complexity index is 743. The summed E-state index contributed by atoms with van der Waals surface area (Å²) in [6.45, 7) is 7.04. The molecule has 2 N–H and O–H groups in total. The van der Waals surface area contributed by atoms with Crippen LogP contribution in [0.1, 0.15) is 34.6 Å². The van der Waals surface area contributed by atoms with E-state index in [1.807, 2.05) is 48.9 Å². The Balaban J connectivity index is 1.77. The molecule has 0 atom stereocenters. The number of carbonyl (C=O) groups excluding carboxylic acids is 1. The Morgan fingerprint density at radius 1 is 1.27 bits per heavy atom. The van der Waals surface area contributed by atoms with Crippen molar-refractivity contribution in [2.45, 2.75) is 26.7 Å². The van der Waals surface area contributed by atoms with Crippen LogP contribution in [0.4, 0.5) is 0 Å². The molecular formula is C20H28N4O2. The maximum Gasteiger partial charge on any atom is 0.255 e. The second kappa shape index (κ2) is 8.01. The van der Waals surface area contributed by atoms with Gasteiger partial charge in [-0.3, -0.25) is 4.79 Å². The van der Waals surface area contributed by atoms with Crippen LogP contribution in [0, 0.1) is 19.3 Å². The second-order valence-electron chi connectivity index (χ2n) is 7.16. The third kappa shape index (κ3) is 3.81. The molecule has 1 aliphatic rings. The minimum Gasteiger partial charge on any atom is -0.384 e. The summed E-state index contributed by atoms with van der Waals surface area (Å²) in [6.07, 6.45) is 2.00. The van der Waals surface area contributed by atoms with E-state index >= 15 is 0 Å². The third-order valence-corrected chi connectivity index (χ3v) is 5.26. The number of hydrogen-bond donors (Lipinski definition) is 2. The molecule has 2 heterocycles. The average molecular weight is 356 g/mol. The zero-order valence-electron chi connectivity index (χ0n) is 15.8. The van der Waals surface area contributed by atoms with Crippen molar-refractivity contribution in [3.63, 3.8) is 0 Å². The fourth-order valence-electron chi connectivity index (χ4n) is 3.78. The van der Waals surface area contributed by atoms with Gasteiger partial charge in [-0.05, 0) is 51.9 Å². The molecule has 0 bridgehead atoms. The number of methoxy groups -OCH3 is 1. The molecule has 0 aliphatic carbocycles. The van der Waals surface area contributed by atoms with Crippen molar-refractivity contribution in [2.75, 3.05) is 33.4 Å². The van der Waals surface area contributed by atoms with Gasteiger partial charge in [0.15, 0.2) is 0 Å². The first kappa shape index (κ1) is 18.6. The van der Waals surface area contributed by atoms with E-state index in [-0.39, 0.29) is 11.3 Å². The first-order valence-corrected chi connectivity index (χ1v) is 9.16. The highest BCUT2D eigenvalue weighted by atomic mass is 16.5. The minimum absolute atomic E-state index is 0.00684. The van der Waals surface area contributed by atoms with Gasteiger partial charge in [-0.2, -0.15) is 5.10 Å². The van der Waals surface area contributed by atoms with Crippen molar-refractivity contribution in [1.29, 1.82) is 0 Å². The lowest BCUT2D eigenvalue weighted by atomic mass is 9.79. The number of benzene rings is 1. The number of carbonyl (C=O) groups is 1. The first-order chi connectivity index (χ1) is 12.6. The summed E-state index contributed by atoms with van der Waals surface area (Å²) in [5.41, 5.74) is 3.23. The van der Waals surface area contributed by atoms with E-state index in [9.17, 15) is 4.79 Å². The number of amides is 1. The van der Waals surface area contributed by atoms with Gasteiger partial charge in [-0.15, -0.1) is 0 Å². The van der Waals surface area contributed by atoms with E-state index in [1.165, 1.54) is 0 Å². The maximum atomic E-state index is 12.9. The summed E-state index contributed by atoms with van der Waals surface area (Å²) < 4.78 is 7.27. The Labute approximate surface area is 154 Å². The van der Waals surface area contributed by atoms with Gasteiger partial charge < -0.3 is 15.4 Å². The Kier molecular flexibility index (Phi) is 5.74. The predicted molar refractivity (Wildman–Crippen MR) is 102 cm³/mol. The molecule has 1 aromatic heterocycles. The van der Waals surface area contributed by atoms with Crippen LogP contribution in [-0.2, 0) is 4.74 Å². The molecule has 3 rings (SSSR count). The molecule has 0 spiro atoms. The largest absolute Gasteiger partial charge is 0.384 e. The van der Waals surface area contributed by atoms with Gasteiger partial charge >= 0.3 is 0 Å². The molecule has 1 aromatic carbocycles. The molecule has 0 unspecified atom stereocenters. The Morgan fingerprint density at radius 3 is 2.62 bits per heavy atom. The van der Waals surface area contributed by atoms with Gasteiger partial charge in [0.1, 0.15) is 0 Å². The SMILES string of the molecule is COCC1(CNC(=O)c2c(C)nn(-c3ccccc3)c2C)CCNCC1. The lowest BCUT2D eigenvalue weighted by Gasteiger charge is -2.37. The average Bonchev–Trinajstić information content (AvgIpc) is 2.96. The zero-order valence-corrected chi connectivity index (χ0v) is 15.8. The van der Waals surface area contributed by atoms with Gasteiger partial charge in [0.05, 0.1) is 29.2 Å². The molecule has 0 radical (unpaired) electrons. The second-order valence-corrected chi connectivity index (χ2v) is 7.16. The van der Waals surface area contributed by atoms with Crippen molar-refractivity contribution in [3.8, 4) is 5.69 Å². The number of hydrogen-bond acceptors (Lipinski definition) is 4. The minimum atomic E-state index is -0.0591. The zero-order chi connectivity index (χ0) is 18.6. The van der Waals surface area contributed by atoms with Crippen LogP contribution >= 0.6 is 0 Å². The van der Waals surface area contributed by atoms with Crippen LogP contribution in [0.2, 0.25) is 0 Å². The quantitative estimate of drug-likeness (QED) is 0.833. The lowest BCUT2D eigenvalue weighted by molar-refractivity contribution is 0.0511. The van der Waals surface area contributed by atoms with E-state index in [0.29, 0.717) is 18.7 Å². The molecule has 1 aliphatic heterocycles. The maximum absolute atomic E-state index is 12.9. The Hall–Kier alpha value is -2.18. The summed E-state index contributed by atoms with van der Waals surface area (Å²) in [5, 5.41) is 11.1. The van der Waals surface area contributed by atoms with E-state index in [2.05, 4.69) is 15.7 Å². The normalized spacial score (nSPS) is 16.4. The fourth-order valence-corrected chi connectivity index (χ4v) is 3.78. The van der Waals surface area contributed by atoms with E-state index in [4.69, 9.17) is 4.74 Å². The van der Waals surface area contributed by atoms with E-state index < -0.39 is 0 Å². The van der Waals surface area contributed by atoms with Crippen molar-refractivity contribution in [3.05, 3.63) is 47.3 Å². The van der Waals surface area contributed by atoms with Crippen molar-refractivity contribution in [2.24, 2.45) is 5.41 Å². The van der Waals surface area contributed by atoms with Crippen LogP contribution in [-0.4, -0.2) is 49.0 Å². The molecule has 1 amide bonds. The number of para-hydroxylation sites is 1. The molecule has 2 aromatic rings. The van der Waals surface area contributed by atoms with Gasteiger partial charge in [-0.1, -0.05) is 18.2 Å². The number of aromatic nitrogens is 2. The molecule has 6 heteroatoms. The molecule has 0 saturated carbocycles. The molecule has 1 saturated heterocycles. The van der Waals surface area contributed by atoms with Crippen LogP contribution in [0.3, 0.4) is 0 Å². The molecular weight excluding hydrogens is 328 g/mol. The fraction of sp³-hybridized carbons (Fsp3) is 0.500. The number of nitrogens with one attached hydrogen (secondary N) is 2. The molecule has 140 valence electrons. The third-order valence-electron chi connectivity index (χ3n) is 5.26. The lowest BCUT2D eigenvalue weighted by Crippen LogP contribution is -2.47. The number of rotatable bonds is 6. The van der Waals surface area contributed by atoms with Crippen molar-refractivity contribution < 1.29 is 9.53 Å². The number of piperidine rings is 1. The number of aryl methyl sites for hydroxylation is 1. The predicted octanol–water partition coefficient (Wildman–Crippen LogP) is 2.24. The highest BCUT2D eigenvalue weighted by molar-refractivity contribution is 5.96. The summed E-state index contributed by atoms with van der Waals surface area (Å²) >= 11 is 0. The van der Waals surface area contributed by atoms with Crippen LogP contribution in [0.5, 0.6) is 0 Å². The highest BCUT2D eigenvalue weighted by Crippen LogP contribution is 2.28. The number of nitrogens with zero attached hydrogens (tertiary/aromatic N) is 2. The standard InChI is InChI=1S/C20H28N4O2/c1-15-18(16(2)24(23-15)17-7-5-4-6-8-17)19(25)22-13-20(14-26-3)9-11-21-12-10-20/h4-8,21H,9-14H2,1-3H3,(H,22,25). The highest BCUT2D eigenvalue weighted by Gasteiger charge is 2.33. The summed E-state index contributed by atoms with van der Waals surface area (Å²) in [4.78, 5) is 12.9. The summed E-state index contributed by atoms with van der Waals surface area (Å²) in [5.74, 6) is -0.0591. The van der Waals surface area contributed by atoms with Gasteiger partial charge in [0.25, 0.3) is 5.91 Å². The van der Waals surface area contributed by atoms with Crippen molar-refractivity contribution in [1.82, 2.24) is 20.4 Å². The molecule has 26 heavy (non-hydrogen) atoms. The van der Waals surface area contributed by atoms with Gasteiger partial charge in [-0.25, -0.2) is 4.68 Å². The molecule has 1 fully saturated rings. The summed E-state index contributed by atoms with van der Waals surface area (Å²) in [6, 6.07) is 9.89. The Morgan fingerprint density at radius 2 is 1.96 bits per heavy atom. The monoisotopic (exact) mass is 356 g/mol. The van der Waals surface area contributed by atoms with Gasteiger partial charge in [0, 0.05) is 19.1 Å². The summed E-state index contributed by atoms with van der Waals surface area (Å²) in [7, 11) is 1.73. The van der Waals surface area contributed by atoms with Crippen molar-refractivity contribution >= 4 is 5.91 Å². The molecule has 6 nitrogen and oxygen atoms in total. The van der Waals surface area contributed by atoms with Crippen LogP contribution in [0.15, 0.2) is 30.3 Å². The smallest absolute Gasteiger partial charge is 0.255 e. The van der Waals surface area contributed by atoms with Crippen LogP contribution < -0.4 is 10.6 Å². The number of ether oxygens (including phenoxy) is 1. The van der Waals surface area contributed by atoms with Gasteiger partial charge in [0.2, 0.25) is 0 Å². The topological polar surface area (TPSA) is 68.2 Å². The van der Waals surface area contributed by atoms with E-state index in [1.54, 1.807) is 7.11 Å².